The van der Waals surface area contributed by atoms with Crippen molar-refractivity contribution in [3.63, 3.8) is 0 Å². The standard InChI is InChI=1S/C22H16F2N2O2/c23-19-7-4-8-20(24)18(19)13-14-21(27)25-17-11-9-15(10-12-17)22(28)26-16-5-2-1-3-6-16/h1-14H,(H,25,27)(H,26,28). The van der Waals surface area contributed by atoms with E-state index in [1.54, 1.807) is 36.4 Å². The zero-order valence-corrected chi connectivity index (χ0v) is 14.7. The molecule has 0 aliphatic carbocycles. The number of anilines is 2. The van der Waals surface area contributed by atoms with Crippen LogP contribution in [0.25, 0.3) is 6.08 Å². The maximum absolute atomic E-state index is 13.5. The third-order valence-electron chi connectivity index (χ3n) is 3.85. The Kier molecular flexibility index (Phi) is 5.91. The number of hydrogen-bond acceptors (Lipinski definition) is 2. The van der Waals surface area contributed by atoms with Crippen LogP contribution < -0.4 is 10.6 Å². The summed E-state index contributed by atoms with van der Waals surface area (Å²) >= 11 is 0. The molecule has 140 valence electrons. The van der Waals surface area contributed by atoms with Gasteiger partial charge in [0.05, 0.1) is 0 Å². The first-order valence-corrected chi connectivity index (χ1v) is 8.42. The molecule has 0 unspecified atom stereocenters. The Balaban J connectivity index is 1.61. The molecule has 2 N–H and O–H groups in total. The van der Waals surface area contributed by atoms with Crippen LogP contribution >= 0.6 is 0 Å². The largest absolute Gasteiger partial charge is 0.323 e. The molecule has 0 heterocycles. The molecule has 0 atom stereocenters. The molecule has 0 saturated heterocycles. The number of amides is 2. The Morgan fingerprint density at radius 2 is 1.32 bits per heavy atom. The van der Waals surface area contributed by atoms with E-state index in [0.29, 0.717) is 16.9 Å². The van der Waals surface area contributed by atoms with E-state index >= 15 is 0 Å². The van der Waals surface area contributed by atoms with Gasteiger partial charge in [-0.2, -0.15) is 0 Å². The van der Waals surface area contributed by atoms with Gasteiger partial charge >= 0.3 is 0 Å². The highest BCUT2D eigenvalue weighted by Gasteiger charge is 2.08. The van der Waals surface area contributed by atoms with Crippen LogP contribution in [-0.4, -0.2) is 11.8 Å². The van der Waals surface area contributed by atoms with Gasteiger partial charge < -0.3 is 10.6 Å². The van der Waals surface area contributed by atoms with Crippen molar-refractivity contribution in [2.45, 2.75) is 0 Å². The minimum atomic E-state index is -0.752. The van der Waals surface area contributed by atoms with Gasteiger partial charge in [0.15, 0.2) is 0 Å². The third kappa shape index (κ3) is 4.88. The van der Waals surface area contributed by atoms with Crippen LogP contribution in [0.3, 0.4) is 0 Å². The van der Waals surface area contributed by atoms with E-state index in [-0.39, 0.29) is 11.5 Å². The molecule has 6 heteroatoms. The van der Waals surface area contributed by atoms with Crippen molar-refractivity contribution in [1.82, 2.24) is 0 Å². The van der Waals surface area contributed by atoms with Crippen molar-refractivity contribution < 1.29 is 18.4 Å². The lowest BCUT2D eigenvalue weighted by molar-refractivity contribution is -0.111. The number of halogens is 2. The summed E-state index contributed by atoms with van der Waals surface area (Å²) in [5, 5.41) is 5.32. The van der Waals surface area contributed by atoms with Crippen molar-refractivity contribution >= 4 is 29.3 Å². The summed E-state index contributed by atoms with van der Waals surface area (Å²) in [6.07, 6.45) is 2.11. The van der Waals surface area contributed by atoms with Crippen molar-refractivity contribution in [3.05, 3.63) is 102 Å². The van der Waals surface area contributed by atoms with Gasteiger partial charge in [0.1, 0.15) is 11.6 Å². The fourth-order valence-corrected chi connectivity index (χ4v) is 2.44. The van der Waals surface area contributed by atoms with E-state index in [0.717, 1.165) is 24.3 Å². The lowest BCUT2D eigenvalue weighted by Crippen LogP contribution is -2.12. The topological polar surface area (TPSA) is 58.2 Å². The van der Waals surface area contributed by atoms with Crippen LogP contribution in [0.5, 0.6) is 0 Å². The summed E-state index contributed by atoms with van der Waals surface area (Å²) in [6, 6.07) is 18.8. The maximum atomic E-state index is 13.5. The Morgan fingerprint density at radius 3 is 1.96 bits per heavy atom. The smallest absolute Gasteiger partial charge is 0.255 e. The second-order valence-electron chi connectivity index (χ2n) is 5.86. The summed E-state index contributed by atoms with van der Waals surface area (Å²) < 4.78 is 27.1. The monoisotopic (exact) mass is 378 g/mol. The predicted molar refractivity (Wildman–Crippen MR) is 105 cm³/mol. The maximum Gasteiger partial charge on any atom is 0.255 e. The summed E-state index contributed by atoms with van der Waals surface area (Å²) in [6.45, 7) is 0. The van der Waals surface area contributed by atoms with Gasteiger partial charge in [-0.05, 0) is 54.6 Å². The molecular formula is C22H16F2N2O2. The predicted octanol–water partition coefficient (Wildman–Crippen LogP) is 4.87. The molecule has 0 saturated carbocycles. The molecule has 0 radical (unpaired) electrons. The minimum Gasteiger partial charge on any atom is -0.323 e. The van der Waals surface area contributed by atoms with E-state index in [4.69, 9.17) is 0 Å². The first-order valence-electron chi connectivity index (χ1n) is 8.42. The van der Waals surface area contributed by atoms with Crippen molar-refractivity contribution in [3.8, 4) is 0 Å². The molecule has 3 aromatic carbocycles. The van der Waals surface area contributed by atoms with Crippen LogP contribution in [0.4, 0.5) is 20.2 Å². The minimum absolute atomic E-state index is 0.279. The molecule has 3 aromatic rings. The van der Waals surface area contributed by atoms with E-state index in [2.05, 4.69) is 10.6 Å². The highest BCUT2D eigenvalue weighted by molar-refractivity contribution is 6.05. The molecule has 0 aromatic heterocycles. The van der Waals surface area contributed by atoms with Crippen LogP contribution in [0.1, 0.15) is 15.9 Å². The highest BCUT2D eigenvalue weighted by atomic mass is 19.1. The summed E-state index contributed by atoms with van der Waals surface area (Å²) in [5.41, 5.74) is 1.26. The molecule has 0 spiro atoms. The van der Waals surface area contributed by atoms with Crippen LogP contribution in [0, 0.1) is 11.6 Å². The van der Waals surface area contributed by atoms with Crippen LogP contribution in [0.15, 0.2) is 78.9 Å². The molecule has 0 aliphatic heterocycles. The third-order valence-corrected chi connectivity index (χ3v) is 3.85. The second-order valence-corrected chi connectivity index (χ2v) is 5.86. The van der Waals surface area contributed by atoms with E-state index in [1.165, 1.54) is 6.07 Å². The van der Waals surface area contributed by atoms with Gasteiger partial charge in [0.25, 0.3) is 5.91 Å². The number of para-hydroxylation sites is 1. The first kappa shape index (κ1) is 19.0. The second kappa shape index (κ2) is 8.73. The summed E-state index contributed by atoms with van der Waals surface area (Å²) in [4.78, 5) is 24.1. The SMILES string of the molecule is O=C(C=Cc1c(F)cccc1F)Nc1ccc(C(=O)Nc2ccccc2)cc1. The van der Waals surface area contributed by atoms with Crippen LogP contribution in [-0.2, 0) is 4.79 Å². The molecule has 28 heavy (non-hydrogen) atoms. The molecule has 2 amide bonds. The molecular weight excluding hydrogens is 362 g/mol. The molecule has 4 nitrogen and oxygen atoms in total. The van der Waals surface area contributed by atoms with Gasteiger partial charge in [-0.1, -0.05) is 24.3 Å². The number of benzene rings is 3. The van der Waals surface area contributed by atoms with Gasteiger partial charge in [0, 0.05) is 28.6 Å². The highest BCUT2D eigenvalue weighted by Crippen LogP contribution is 2.15. The lowest BCUT2D eigenvalue weighted by atomic mass is 10.1. The molecule has 0 bridgehead atoms. The van der Waals surface area contributed by atoms with Gasteiger partial charge in [-0.15, -0.1) is 0 Å². The van der Waals surface area contributed by atoms with Crippen LogP contribution in [0.2, 0.25) is 0 Å². The Bertz CT molecular complexity index is 996. The van der Waals surface area contributed by atoms with E-state index in [1.807, 2.05) is 18.2 Å². The molecule has 0 aliphatic rings. The average molecular weight is 378 g/mol. The Labute approximate surface area is 160 Å². The Morgan fingerprint density at radius 1 is 0.714 bits per heavy atom. The number of hydrogen-bond donors (Lipinski definition) is 2. The fourth-order valence-electron chi connectivity index (χ4n) is 2.44. The quantitative estimate of drug-likeness (QED) is 0.623. The number of carbonyl (C=O) groups excluding carboxylic acids is 2. The fraction of sp³-hybridized carbons (Fsp3) is 0. The summed E-state index contributed by atoms with van der Waals surface area (Å²) in [7, 11) is 0. The van der Waals surface area contributed by atoms with Gasteiger partial charge in [-0.3, -0.25) is 9.59 Å². The van der Waals surface area contributed by atoms with E-state index in [9.17, 15) is 18.4 Å². The van der Waals surface area contributed by atoms with Crippen molar-refractivity contribution in [2.75, 3.05) is 10.6 Å². The normalized spacial score (nSPS) is 10.6. The van der Waals surface area contributed by atoms with Gasteiger partial charge in [-0.25, -0.2) is 8.78 Å². The number of carbonyl (C=O) groups is 2. The molecule has 0 fully saturated rings. The van der Waals surface area contributed by atoms with Crippen molar-refractivity contribution in [2.24, 2.45) is 0 Å². The molecule has 3 rings (SSSR count). The number of rotatable bonds is 5. The summed E-state index contributed by atoms with van der Waals surface area (Å²) in [5.74, 6) is -2.33. The van der Waals surface area contributed by atoms with Crippen molar-refractivity contribution in [1.29, 1.82) is 0 Å². The Hall–Kier alpha value is -3.80. The lowest BCUT2D eigenvalue weighted by Gasteiger charge is -2.06. The first-order chi connectivity index (χ1) is 13.5. The zero-order chi connectivity index (χ0) is 19.9. The number of nitrogens with one attached hydrogen (secondary N) is 2. The van der Waals surface area contributed by atoms with Gasteiger partial charge in [0.2, 0.25) is 5.91 Å². The average Bonchev–Trinajstić information content (AvgIpc) is 2.69. The van der Waals surface area contributed by atoms with E-state index < -0.39 is 17.5 Å². The zero-order valence-electron chi connectivity index (χ0n) is 14.7.